The molecule has 2 fully saturated rings. The maximum Gasteiger partial charge on any atom is 0.166 e. The minimum absolute atomic E-state index is 0.170. The van der Waals surface area contributed by atoms with Crippen LogP contribution in [0.5, 0.6) is 0 Å². The number of rotatable bonds is 5. The highest BCUT2D eigenvalue weighted by atomic mass is 32.2. The molecule has 19 heavy (non-hydrogen) atoms. The lowest BCUT2D eigenvalue weighted by Crippen LogP contribution is -2.52. The zero-order valence-electron chi connectivity index (χ0n) is 11.8. The summed E-state index contributed by atoms with van der Waals surface area (Å²) in [6.07, 6.45) is 4.80. The van der Waals surface area contributed by atoms with E-state index >= 15 is 0 Å². The van der Waals surface area contributed by atoms with Gasteiger partial charge in [0, 0.05) is 30.3 Å². The number of thioether (sulfide) groups is 1. The lowest BCUT2D eigenvalue weighted by atomic mass is 9.85. The van der Waals surface area contributed by atoms with E-state index < -0.39 is 9.84 Å². The molecule has 1 saturated heterocycles. The predicted molar refractivity (Wildman–Crippen MR) is 82.1 cm³/mol. The largest absolute Gasteiger partial charge is 0.330 e. The fourth-order valence-electron chi connectivity index (χ4n) is 3.30. The maximum absolute atomic E-state index is 12.2. The Balaban J connectivity index is 2.12. The third-order valence-electron chi connectivity index (χ3n) is 4.64. The molecule has 1 aliphatic heterocycles. The van der Waals surface area contributed by atoms with Crippen molar-refractivity contribution in [2.75, 3.05) is 36.9 Å². The van der Waals surface area contributed by atoms with Gasteiger partial charge in [-0.2, -0.15) is 11.8 Å². The van der Waals surface area contributed by atoms with Gasteiger partial charge in [0.15, 0.2) is 9.84 Å². The van der Waals surface area contributed by atoms with Crippen molar-refractivity contribution in [2.24, 2.45) is 11.1 Å². The van der Waals surface area contributed by atoms with Crippen LogP contribution in [-0.2, 0) is 9.84 Å². The third kappa shape index (κ3) is 3.46. The summed E-state index contributed by atoms with van der Waals surface area (Å²) in [7, 11) is -2.98. The summed E-state index contributed by atoms with van der Waals surface area (Å²) in [5, 5.41) is -0.291. The van der Waals surface area contributed by atoms with E-state index in [4.69, 9.17) is 5.73 Å². The van der Waals surface area contributed by atoms with Crippen molar-refractivity contribution in [3.63, 3.8) is 0 Å². The van der Waals surface area contributed by atoms with Gasteiger partial charge in [-0.3, -0.25) is 4.90 Å². The van der Waals surface area contributed by atoms with Crippen LogP contribution in [0.25, 0.3) is 0 Å². The summed E-state index contributed by atoms with van der Waals surface area (Å²) in [6.45, 7) is 4.20. The van der Waals surface area contributed by atoms with E-state index in [9.17, 15) is 8.42 Å². The second-order valence-corrected chi connectivity index (χ2v) is 9.46. The van der Waals surface area contributed by atoms with Crippen LogP contribution < -0.4 is 5.73 Å². The standard InChI is InChI=1S/C13H26N2O2S2/c1-2-19(16,17)12-9-18-8-7-15(12)11-13(10-14)5-3-4-6-13/h12H,2-11,14H2,1H3. The normalized spacial score (nSPS) is 28.6. The molecule has 2 N–H and O–H groups in total. The first-order chi connectivity index (χ1) is 9.03. The summed E-state index contributed by atoms with van der Waals surface area (Å²) in [5.41, 5.74) is 6.16. The molecule has 2 rings (SSSR count). The zero-order chi connectivity index (χ0) is 13.9. The van der Waals surface area contributed by atoms with E-state index in [0.29, 0.717) is 6.54 Å². The van der Waals surface area contributed by atoms with Crippen molar-refractivity contribution in [3.8, 4) is 0 Å². The first kappa shape index (κ1) is 15.6. The number of nitrogens with zero attached hydrogens (tertiary/aromatic N) is 1. The molecule has 2 aliphatic rings. The van der Waals surface area contributed by atoms with E-state index in [1.165, 1.54) is 12.8 Å². The Morgan fingerprint density at radius 3 is 2.63 bits per heavy atom. The second kappa shape index (κ2) is 6.33. The predicted octanol–water partition coefficient (Wildman–Crippen LogP) is 1.32. The quantitative estimate of drug-likeness (QED) is 0.830. The fourth-order valence-corrected chi connectivity index (χ4v) is 6.38. The third-order valence-corrected chi connectivity index (χ3v) is 7.98. The topological polar surface area (TPSA) is 63.4 Å². The Morgan fingerprint density at radius 2 is 2.05 bits per heavy atom. The molecule has 0 aromatic heterocycles. The van der Waals surface area contributed by atoms with Crippen molar-refractivity contribution < 1.29 is 8.42 Å². The average molecular weight is 306 g/mol. The molecule has 4 nitrogen and oxygen atoms in total. The van der Waals surface area contributed by atoms with Gasteiger partial charge >= 0.3 is 0 Å². The molecular weight excluding hydrogens is 280 g/mol. The lowest BCUT2D eigenvalue weighted by molar-refractivity contribution is 0.154. The first-order valence-corrected chi connectivity index (χ1v) is 10.1. The summed E-state index contributed by atoms with van der Waals surface area (Å²) >= 11 is 1.76. The van der Waals surface area contributed by atoms with Crippen molar-refractivity contribution in [1.82, 2.24) is 4.90 Å². The van der Waals surface area contributed by atoms with Gasteiger partial charge in [-0.15, -0.1) is 0 Å². The Bertz CT molecular complexity index is 391. The summed E-state index contributed by atoms with van der Waals surface area (Å²) in [6, 6.07) is 0. The van der Waals surface area contributed by atoms with Crippen molar-refractivity contribution in [1.29, 1.82) is 0 Å². The van der Waals surface area contributed by atoms with E-state index in [2.05, 4.69) is 4.90 Å². The molecule has 1 unspecified atom stereocenters. The molecule has 0 aromatic carbocycles. The highest BCUT2D eigenvalue weighted by molar-refractivity contribution is 8.01. The van der Waals surface area contributed by atoms with E-state index in [0.717, 1.165) is 37.4 Å². The number of hydrogen-bond acceptors (Lipinski definition) is 5. The van der Waals surface area contributed by atoms with E-state index in [-0.39, 0.29) is 16.5 Å². The van der Waals surface area contributed by atoms with Gasteiger partial charge in [-0.25, -0.2) is 8.42 Å². The number of nitrogens with two attached hydrogens (primary N) is 1. The summed E-state index contributed by atoms with van der Waals surface area (Å²) < 4.78 is 24.5. The number of sulfone groups is 1. The highest BCUT2D eigenvalue weighted by Gasteiger charge is 2.40. The van der Waals surface area contributed by atoms with Crippen LogP contribution >= 0.6 is 11.8 Å². The monoisotopic (exact) mass is 306 g/mol. The Hall–Kier alpha value is 0.220. The van der Waals surface area contributed by atoms with Gasteiger partial charge in [0.25, 0.3) is 0 Å². The molecule has 1 heterocycles. The van der Waals surface area contributed by atoms with E-state index in [1.54, 1.807) is 18.7 Å². The van der Waals surface area contributed by atoms with Crippen LogP contribution in [0.2, 0.25) is 0 Å². The van der Waals surface area contributed by atoms with Gasteiger partial charge < -0.3 is 5.73 Å². The number of hydrogen-bond donors (Lipinski definition) is 1. The molecular formula is C13H26N2O2S2. The van der Waals surface area contributed by atoms with Crippen LogP contribution in [0.3, 0.4) is 0 Å². The SMILES string of the molecule is CCS(=O)(=O)C1CSCCN1CC1(CN)CCCC1. The van der Waals surface area contributed by atoms with E-state index in [1.807, 2.05) is 0 Å². The van der Waals surface area contributed by atoms with Gasteiger partial charge in [-0.1, -0.05) is 19.8 Å². The first-order valence-electron chi connectivity index (χ1n) is 7.26. The van der Waals surface area contributed by atoms with Crippen LogP contribution in [-0.4, -0.2) is 55.6 Å². The molecule has 0 amide bonds. The Labute approximate surface area is 121 Å². The van der Waals surface area contributed by atoms with Crippen molar-refractivity contribution in [3.05, 3.63) is 0 Å². The molecule has 0 radical (unpaired) electrons. The van der Waals surface area contributed by atoms with Crippen LogP contribution in [0.4, 0.5) is 0 Å². The van der Waals surface area contributed by atoms with Gasteiger partial charge in [0.05, 0.1) is 0 Å². The van der Waals surface area contributed by atoms with Crippen LogP contribution in [0, 0.1) is 5.41 Å². The average Bonchev–Trinajstić information content (AvgIpc) is 2.88. The molecule has 0 aromatic rings. The van der Waals surface area contributed by atoms with Crippen molar-refractivity contribution in [2.45, 2.75) is 38.0 Å². The van der Waals surface area contributed by atoms with Gasteiger partial charge in [0.1, 0.15) is 5.37 Å². The second-order valence-electron chi connectivity index (χ2n) is 5.86. The van der Waals surface area contributed by atoms with Gasteiger partial charge in [0.2, 0.25) is 0 Å². The molecule has 0 bridgehead atoms. The Morgan fingerprint density at radius 1 is 1.37 bits per heavy atom. The maximum atomic E-state index is 12.2. The smallest absolute Gasteiger partial charge is 0.166 e. The molecule has 0 spiro atoms. The highest BCUT2D eigenvalue weighted by Crippen LogP contribution is 2.39. The zero-order valence-corrected chi connectivity index (χ0v) is 13.4. The summed E-state index contributed by atoms with van der Waals surface area (Å²) in [5.74, 6) is 2.00. The lowest BCUT2D eigenvalue weighted by Gasteiger charge is -2.40. The van der Waals surface area contributed by atoms with Crippen molar-refractivity contribution >= 4 is 21.6 Å². The van der Waals surface area contributed by atoms with Crippen LogP contribution in [0.15, 0.2) is 0 Å². The van der Waals surface area contributed by atoms with Gasteiger partial charge in [-0.05, 0) is 24.8 Å². The molecule has 6 heteroatoms. The minimum atomic E-state index is -2.98. The molecule has 1 aliphatic carbocycles. The molecule has 112 valence electrons. The molecule has 1 atom stereocenters. The van der Waals surface area contributed by atoms with Crippen LogP contribution in [0.1, 0.15) is 32.6 Å². The Kier molecular flexibility index (Phi) is 5.20. The summed E-state index contributed by atoms with van der Waals surface area (Å²) in [4.78, 5) is 2.20. The minimum Gasteiger partial charge on any atom is -0.330 e. The molecule has 1 saturated carbocycles. The fraction of sp³-hybridized carbons (Fsp3) is 1.00.